The van der Waals surface area contributed by atoms with Crippen LogP contribution in [0.1, 0.15) is 15.3 Å². The van der Waals surface area contributed by atoms with Crippen molar-refractivity contribution < 1.29 is 0 Å². The van der Waals surface area contributed by atoms with E-state index < -0.39 is 0 Å². The molecule has 0 radical (unpaired) electrons. The van der Waals surface area contributed by atoms with Crippen LogP contribution in [-0.2, 0) is 6.54 Å². The topological polar surface area (TPSA) is 50.7 Å². The Kier molecular flexibility index (Phi) is 3.13. The minimum atomic E-state index is 0.572. The number of benzene rings is 1. The van der Waals surface area contributed by atoms with Crippen LogP contribution >= 0.6 is 11.3 Å². The molecule has 3 rings (SSSR count). The zero-order valence-electron chi connectivity index (χ0n) is 10.8. The summed E-state index contributed by atoms with van der Waals surface area (Å²) in [6.45, 7) is 5.00. The first-order valence-electron chi connectivity index (χ1n) is 6.11. The first kappa shape index (κ1) is 12.0. The van der Waals surface area contributed by atoms with E-state index in [0.717, 1.165) is 17.6 Å². The fourth-order valence-corrected chi connectivity index (χ4v) is 2.85. The predicted molar refractivity (Wildman–Crippen MR) is 78.5 cm³/mol. The van der Waals surface area contributed by atoms with Gasteiger partial charge in [-0.1, -0.05) is 12.1 Å². The molecule has 0 unspecified atom stereocenters. The van der Waals surface area contributed by atoms with Gasteiger partial charge in [-0.15, -0.1) is 21.5 Å². The highest BCUT2D eigenvalue weighted by Crippen LogP contribution is 2.21. The van der Waals surface area contributed by atoms with Crippen LogP contribution in [0.5, 0.6) is 0 Å². The van der Waals surface area contributed by atoms with Gasteiger partial charge in [0.05, 0.1) is 12.1 Å². The lowest BCUT2D eigenvalue weighted by atomic mass is 10.3. The third-order valence-electron chi connectivity index (χ3n) is 3.00. The summed E-state index contributed by atoms with van der Waals surface area (Å²) < 4.78 is 0. The zero-order valence-corrected chi connectivity index (χ0v) is 11.7. The van der Waals surface area contributed by atoms with Gasteiger partial charge in [0.25, 0.3) is 0 Å². The largest absolute Gasteiger partial charge is 0.348 e. The molecular weight excluding hydrogens is 256 g/mol. The lowest BCUT2D eigenvalue weighted by molar-refractivity contribution is 0.990. The summed E-state index contributed by atoms with van der Waals surface area (Å²) in [5.74, 6) is 0.572. The third kappa shape index (κ3) is 2.56. The van der Waals surface area contributed by atoms with Gasteiger partial charge >= 0.3 is 0 Å². The number of aryl methyl sites for hydroxylation is 2. The van der Waals surface area contributed by atoms with E-state index >= 15 is 0 Å². The monoisotopic (exact) mass is 270 g/mol. The second kappa shape index (κ2) is 4.93. The molecule has 2 heterocycles. The van der Waals surface area contributed by atoms with Crippen molar-refractivity contribution in [3.05, 3.63) is 45.6 Å². The van der Waals surface area contributed by atoms with E-state index in [-0.39, 0.29) is 0 Å². The molecule has 0 aliphatic carbocycles. The number of rotatable bonds is 3. The summed E-state index contributed by atoms with van der Waals surface area (Å²) in [6.07, 6.45) is 0. The van der Waals surface area contributed by atoms with Gasteiger partial charge in [-0.05, 0) is 37.6 Å². The standard InChI is InChI=1S/C14H14N4S/c1-9-7-11(19-10(9)2)8-15-14-16-12-5-3-4-6-13(12)17-18-14/h3-7H,8H2,1-2H3,(H,15,16,18). The molecule has 0 saturated carbocycles. The Morgan fingerprint density at radius 1 is 1.11 bits per heavy atom. The van der Waals surface area contributed by atoms with Gasteiger partial charge in [0, 0.05) is 9.75 Å². The van der Waals surface area contributed by atoms with Crippen molar-refractivity contribution in [2.45, 2.75) is 20.4 Å². The Balaban J connectivity index is 1.78. The minimum absolute atomic E-state index is 0.572. The maximum absolute atomic E-state index is 4.44. The summed E-state index contributed by atoms with van der Waals surface area (Å²) in [5, 5.41) is 11.4. The normalized spacial score (nSPS) is 10.8. The molecule has 0 aliphatic heterocycles. The van der Waals surface area contributed by atoms with Crippen LogP contribution in [0.15, 0.2) is 30.3 Å². The van der Waals surface area contributed by atoms with Gasteiger partial charge in [-0.25, -0.2) is 4.98 Å². The predicted octanol–water partition coefficient (Wildman–Crippen LogP) is 3.32. The number of para-hydroxylation sites is 1. The molecule has 0 spiro atoms. The molecule has 0 bridgehead atoms. The molecule has 2 aromatic heterocycles. The van der Waals surface area contributed by atoms with Crippen LogP contribution in [0.4, 0.5) is 5.95 Å². The summed E-state index contributed by atoms with van der Waals surface area (Å²) in [4.78, 5) is 7.08. The Labute approximate surface area is 115 Å². The number of aromatic nitrogens is 3. The van der Waals surface area contributed by atoms with Crippen molar-refractivity contribution in [3.63, 3.8) is 0 Å². The summed E-state index contributed by atoms with van der Waals surface area (Å²) in [5.41, 5.74) is 3.01. The number of anilines is 1. The Morgan fingerprint density at radius 2 is 1.89 bits per heavy atom. The van der Waals surface area contributed by atoms with E-state index in [9.17, 15) is 0 Å². The van der Waals surface area contributed by atoms with E-state index in [4.69, 9.17) is 0 Å². The first-order valence-corrected chi connectivity index (χ1v) is 6.93. The number of thiophene rings is 1. The zero-order chi connectivity index (χ0) is 13.2. The van der Waals surface area contributed by atoms with Crippen LogP contribution in [-0.4, -0.2) is 15.2 Å². The van der Waals surface area contributed by atoms with Crippen molar-refractivity contribution >= 4 is 28.3 Å². The van der Waals surface area contributed by atoms with Crippen molar-refractivity contribution in [3.8, 4) is 0 Å². The molecule has 19 heavy (non-hydrogen) atoms. The SMILES string of the molecule is Cc1cc(CNc2nnc3ccccc3n2)sc1C. The Hall–Kier alpha value is -2.01. The maximum atomic E-state index is 4.44. The van der Waals surface area contributed by atoms with E-state index in [0.29, 0.717) is 5.95 Å². The van der Waals surface area contributed by atoms with Crippen LogP contribution in [0.25, 0.3) is 11.0 Å². The second-order valence-corrected chi connectivity index (χ2v) is 5.77. The van der Waals surface area contributed by atoms with Crippen LogP contribution in [0.3, 0.4) is 0 Å². The summed E-state index contributed by atoms with van der Waals surface area (Å²) >= 11 is 1.80. The molecule has 3 aromatic rings. The number of hydrogen-bond acceptors (Lipinski definition) is 5. The van der Waals surface area contributed by atoms with E-state index in [1.165, 1.54) is 15.3 Å². The molecule has 0 fully saturated rings. The molecule has 0 aliphatic rings. The first-order chi connectivity index (χ1) is 9.22. The fourth-order valence-electron chi connectivity index (χ4n) is 1.86. The van der Waals surface area contributed by atoms with E-state index in [2.05, 4.69) is 40.4 Å². The Morgan fingerprint density at radius 3 is 2.63 bits per heavy atom. The lowest BCUT2D eigenvalue weighted by Gasteiger charge is -2.02. The molecule has 0 atom stereocenters. The number of fused-ring (bicyclic) bond motifs is 1. The van der Waals surface area contributed by atoms with Crippen molar-refractivity contribution in [1.82, 2.24) is 15.2 Å². The van der Waals surface area contributed by atoms with E-state index in [1.807, 2.05) is 24.3 Å². The van der Waals surface area contributed by atoms with Crippen molar-refractivity contribution in [1.29, 1.82) is 0 Å². The van der Waals surface area contributed by atoms with Gasteiger partial charge in [-0.3, -0.25) is 0 Å². The summed E-state index contributed by atoms with van der Waals surface area (Å²) in [7, 11) is 0. The minimum Gasteiger partial charge on any atom is -0.348 e. The number of nitrogens with one attached hydrogen (secondary N) is 1. The van der Waals surface area contributed by atoms with Crippen LogP contribution < -0.4 is 5.32 Å². The van der Waals surface area contributed by atoms with Gasteiger partial charge < -0.3 is 5.32 Å². The molecule has 96 valence electrons. The average Bonchev–Trinajstić information content (AvgIpc) is 2.75. The van der Waals surface area contributed by atoms with Gasteiger partial charge in [0.1, 0.15) is 5.52 Å². The smallest absolute Gasteiger partial charge is 0.243 e. The van der Waals surface area contributed by atoms with E-state index in [1.54, 1.807) is 11.3 Å². The summed E-state index contributed by atoms with van der Waals surface area (Å²) in [6, 6.07) is 9.93. The van der Waals surface area contributed by atoms with Crippen molar-refractivity contribution in [2.24, 2.45) is 0 Å². The average molecular weight is 270 g/mol. The molecule has 0 amide bonds. The molecule has 4 nitrogen and oxygen atoms in total. The molecule has 0 saturated heterocycles. The molecule has 5 heteroatoms. The Bertz CT molecular complexity index is 701. The van der Waals surface area contributed by atoms with Crippen LogP contribution in [0, 0.1) is 13.8 Å². The third-order valence-corrected chi connectivity index (χ3v) is 4.15. The van der Waals surface area contributed by atoms with Crippen molar-refractivity contribution in [2.75, 3.05) is 5.32 Å². The molecular formula is C14H14N4S. The quantitative estimate of drug-likeness (QED) is 0.793. The van der Waals surface area contributed by atoms with Crippen LogP contribution in [0.2, 0.25) is 0 Å². The highest BCUT2D eigenvalue weighted by Gasteiger charge is 2.04. The molecule has 1 N–H and O–H groups in total. The fraction of sp³-hybridized carbons (Fsp3) is 0.214. The van der Waals surface area contributed by atoms with Gasteiger partial charge in [0.15, 0.2) is 0 Å². The second-order valence-electron chi connectivity index (χ2n) is 4.43. The van der Waals surface area contributed by atoms with Gasteiger partial charge in [-0.2, -0.15) is 0 Å². The maximum Gasteiger partial charge on any atom is 0.243 e. The number of nitrogens with zero attached hydrogens (tertiary/aromatic N) is 3. The number of hydrogen-bond donors (Lipinski definition) is 1. The lowest BCUT2D eigenvalue weighted by Crippen LogP contribution is -2.03. The highest BCUT2D eigenvalue weighted by atomic mass is 32.1. The van der Waals surface area contributed by atoms with Gasteiger partial charge in [0.2, 0.25) is 5.95 Å². The molecule has 1 aromatic carbocycles. The highest BCUT2D eigenvalue weighted by molar-refractivity contribution is 7.12.